The predicted octanol–water partition coefficient (Wildman–Crippen LogP) is 3.28. The quantitative estimate of drug-likeness (QED) is 0.740. The molecule has 1 N–H and O–H groups in total. The van der Waals surface area contributed by atoms with Crippen LogP contribution in [0.2, 0.25) is 0 Å². The molecule has 1 amide bonds. The molecule has 6 heteroatoms. The number of aromatic nitrogens is 1. The second-order valence-electron chi connectivity index (χ2n) is 5.24. The minimum atomic E-state index is -0.430. The van der Waals surface area contributed by atoms with Crippen LogP contribution < -0.4 is 10.1 Å². The van der Waals surface area contributed by atoms with Gasteiger partial charge in [0.15, 0.2) is 0 Å². The van der Waals surface area contributed by atoms with E-state index in [4.69, 9.17) is 4.74 Å². The van der Waals surface area contributed by atoms with Crippen molar-refractivity contribution < 1.29 is 19.1 Å². The molecule has 0 bridgehead atoms. The number of carbonyl (C=O) groups excluding carboxylic acids is 2. The Morgan fingerprint density at radius 1 is 0.960 bits per heavy atom. The molecule has 126 valence electrons. The van der Waals surface area contributed by atoms with Gasteiger partial charge in [0.2, 0.25) is 0 Å². The fraction of sp³-hybridized carbons (Fsp3) is 0.105. The Bertz CT molecular complexity index is 936. The van der Waals surface area contributed by atoms with Crippen molar-refractivity contribution in [3.63, 3.8) is 0 Å². The van der Waals surface area contributed by atoms with Crippen molar-refractivity contribution in [2.75, 3.05) is 19.5 Å². The number of hydrogen-bond donors (Lipinski definition) is 1. The number of carbonyl (C=O) groups is 2. The molecule has 2 aromatic carbocycles. The number of nitrogens with one attached hydrogen (secondary N) is 1. The maximum absolute atomic E-state index is 12.6. The summed E-state index contributed by atoms with van der Waals surface area (Å²) in [4.78, 5) is 28.2. The van der Waals surface area contributed by atoms with Crippen molar-refractivity contribution in [2.24, 2.45) is 0 Å². The highest BCUT2D eigenvalue weighted by atomic mass is 16.5. The lowest BCUT2D eigenvalue weighted by Crippen LogP contribution is -2.14. The van der Waals surface area contributed by atoms with Crippen LogP contribution in [0.4, 0.5) is 5.69 Å². The van der Waals surface area contributed by atoms with E-state index in [1.807, 2.05) is 18.2 Å². The second kappa shape index (κ2) is 7.00. The SMILES string of the molecule is COC(=O)c1ccc(NC(=O)c2nccc3c(OC)cccc23)cc1. The molecule has 0 saturated heterocycles. The zero-order valence-corrected chi connectivity index (χ0v) is 13.8. The van der Waals surface area contributed by atoms with Crippen LogP contribution >= 0.6 is 0 Å². The molecule has 0 spiro atoms. The van der Waals surface area contributed by atoms with Gasteiger partial charge in [0.05, 0.1) is 19.8 Å². The molecule has 0 fully saturated rings. The molecule has 0 atom stereocenters. The molecule has 1 aromatic heterocycles. The number of fused-ring (bicyclic) bond motifs is 1. The number of anilines is 1. The average Bonchev–Trinajstić information content (AvgIpc) is 2.66. The number of methoxy groups -OCH3 is 2. The van der Waals surface area contributed by atoms with Crippen LogP contribution in [0.3, 0.4) is 0 Å². The number of benzene rings is 2. The molecular formula is C19H16N2O4. The van der Waals surface area contributed by atoms with Crippen LogP contribution in [-0.4, -0.2) is 31.1 Å². The molecule has 25 heavy (non-hydrogen) atoms. The van der Waals surface area contributed by atoms with Gasteiger partial charge in [0.1, 0.15) is 11.4 Å². The first-order valence-electron chi connectivity index (χ1n) is 7.55. The number of rotatable bonds is 4. The highest BCUT2D eigenvalue weighted by Gasteiger charge is 2.14. The molecule has 0 unspecified atom stereocenters. The predicted molar refractivity (Wildman–Crippen MR) is 94.0 cm³/mol. The van der Waals surface area contributed by atoms with Crippen molar-refractivity contribution in [1.82, 2.24) is 4.98 Å². The summed E-state index contributed by atoms with van der Waals surface area (Å²) in [6.07, 6.45) is 1.57. The van der Waals surface area contributed by atoms with Gasteiger partial charge < -0.3 is 14.8 Å². The standard InChI is InChI=1S/C19H16N2O4/c1-24-16-5-3-4-15-14(16)10-11-20-17(15)18(22)21-13-8-6-12(7-9-13)19(23)25-2/h3-11H,1-2H3,(H,21,22). The van der Waals surface area contributed by atoms with Crippen molar-refractivity contribution >= 4 is 28.3 Å². The van der Waals surface area contributed by atoms with Gasteiger partial charge in [-0.3, -0.25) is 9.78 Å². The number of nitrogens with zero attached hydrogens (tertiary/aromatic N) is 1. The molecule has 6 nitrogen and oxygen atoms in total. The maximum atomic E-state index is 12.6. The van der Waals surface area contributed by atoms with Gasteiger partial charge in [-0.1, -0.05) is 12.1 Å². The van der Waals surface area contributed by atoms with Crippen LogP contribution in [0.15, 0.2) is 54.7 Å². The Morgan fingerprint density at radius 2 is 1.72 bits per heavy atom. The Morgan fingerprint density at radius 3 is 2.40 bits per heavy atom. The van der Waals surface area contributed by atoms with Crippen molar-refractivity contribution in [3.05, 3.63) is 66.0 Å². The molecule has 0 radical (unpaired) electrons. The van der Waals surface area contributed by atoms with Crippen LogP contribution in [0.25, 0.3) is 10.8 Å². The maximum Gasteiger partial charge on any atom is 0.337 e. The van der Waals surface area contributed by atoms with Gasteiger partial charge in [-0.15, -0.1) is 0 Å². The normalized spacial score (nSPS) is 10.3. The first kappa shape index (κ1) is 16.4. The fourth-order valence-corrected chi connectivity index (χ4v) is 2.54. The molecular weight excluding hydrogens is 320 g/mol. The Labute approximate surface area is 144 Å². The third-order valence-electron chi connectivity index (χ3n) is 3.76. The lowest BCUT2D eigenvalue weighted by molar-refractivity contribution is 0.0600. The van der Waals surface area contributed by atoms with E-state index in [0.717, 1.165) is 5.39 Å². The zero-order valence-electron chi connectivity index (χ0n) is 13.8. The molecule has 0 aliphatic heterocycles. The summed E-state index contributed by atoms with van der Waals surface area (Å²) in [5.74, 6) is -0.0956. The van der Waals surface area contributed by atoms with E-state index < -0.39 is 5.97 Å². The number of ether oxygens (including phenoxy) is 2. The number of pyridine rings is 1. The zero-order chi connectivity index (χ0) is 17.8. The van der Waals surface area contributed by atoms with Crippen molar-refractivity contribution in [1.29, 1.82) is 0 Å². The van der Waals surface area contributed by atoms with E-state index in [0.29, 0.717) is 28.1 Å². The molecule has 0 aliphatic rings. The second-order valence-corrected chi connectivity index (χ2v) is 5.24. The summed E-state index contributed by atoms with van der Waals surface area (Å²) in [6.45, 7) is 0. The first-order valence-corrected chi connectivity index (χ1v) is 7.55. The Hall–Kier alpha value is -3.41. The first-order chi connectivity index (χ1) is 12.1. The third kappa shape index (κ3) is 3.28. The van der Waals surface area contributed by atoms with E-state index in [1.165, 1.54) is 7.11 Å². The molecule has 3 rings (SSSR count). The van der Waals surface area contributed by atoms with Crippen molar-refractivity contribution in [3.8, 4) is 5.75 Å². The monoisotopic (exact) mass is 336 g/mol. The fourth-order valence-electron chi connectivity index (χ4n) is 2.54. The van der Waals surface area contributed by atoms with Gasteiger partial charge in [0, 0.05) is 22.7 Å². The number of hydrogen-bond acceptors (Lipinski definition) is 5. The van der Waals surface area contributed by atoms with Crippen molar-refractivity contribution in [2.45, 2.75) is 0 Å². The topological polar surface area (TPSA) is 77.5 Å². The molecule has 1 heterocycles. The van der Waals surface area contributed by atoms with Gasteiger partial charge >= 0.3 is 5.97 Å². The minimum Gasteiger partial charge on any atom is -0.496 e. The van der Waals surface area contributed by atoms with Crippen LogP contribution in [0.1, 0.15) is 20.8 Å². The van der Waals surface area contributed by atoms with Gasteiger partial charge in [0.25, 0.3) is 5.91 Å². The molecule has 0 saturated carbocycles. The summed E-state index contributed by atoms with van der Waals surface area (Å²) in [6, 6.07) is 13.7. The minimum absolute atomic E-state index is 0.299. The summed E-state index contributed by atoms with van der Waals surface area (Å²) < 4.78 is 9.97. The smallest absolute Gasteiger partial charge is 0.337 e. The van der Waals surface area contributed by atoms with Crippen LogP contribution in [-0.2, 0) is 4.74 Å². The highest BCUT2D eigenvalue weighted by Crippen LogP contribution is 2.27. The van der Waals surface area contributed by atoms with Crippen LogP contribution in [0, 0.1) is 0 Å². The molecule has 0 aliphatic carbocycles. The van der Waals surface area contributed by atoms with E-state index >= 15 is 0 Å². The number of esters is 1. The van der Waals surface area contributed by atoms with E-state index in [2.05, 4.69) is 15.0 Å². The molecule has 3 aromatic rings. The lowest BCUT2D eigenvalue weighted by Gasteiger charge is -2.10. The van der Waals surface area contributed by atoms with Crippen LogP contribution in [0.5, 0.6) is 5.75 Å². The lowest BCUT2D eigenvalue weighted by atomic mass is 10.1. The summed E-state index contributed by atoms with van der Waals surface area (Å²) in [5.41, 5.74) is 1.27. The summed E-state index contributed by atoms with van der Waals surface area (Å²) in [7, 11) is 2.90. The van der Waals surface area contributed by atoms with Gasteiger partial charge in [-0.2, -0.15) is 0 Å². The third-order valence-corrected chi connectivity index (χ3v) is 3.76. The van der Waals surface area contributed by atoms with E-state index in [9.17, 15) is 9.59 Å². The largest absolute Gasteiger partial charge is 0.496 e. The van der Waals surface area contributed by atoms with Gasteiger partial charge in [-0.25, -0.2) is 4.79 Å². The van der Waals surface area contributed by atoms with E-state index in [1.54, 1.807) is 43.6 Å². The van der Waals surface area contributed by atoms with Gasteiger partial charge in [-0.05, 0) is 36.4 Å². The van der Waals surface area contributed by atoms with E-state index in [-0.39, 0.29) is 5.91 Å². The highest BCUT2D eigenvalue weighted by molar-refractivity contribution is 6.12. The summed E-state index contributed by atoms with van der Waals surface area (Å²) in [5, 5.41) is 4.29. The summed E-state index contributed by atoms with van der Waals surface area (Å²) >= 11 is 0. The number of amides is 1. The Kier molecular flexibility index (Phi) is 4.61. The Balaban J connectivity index is 1.89. The average molecular weight is 336 g/mol.